The van der Waals surface area contributed by atoms with Crippen molar-refractivity contribution in [2.45, 2.75) is 6.42 Å². The second-order valence-corrected chi connectivity index (χ2v) is 3.91. The van der Waals surface area contributed by atoms with Crippen LogP contribution in [0.15, 0.2) is 42.5 Å². The first-order valence-corrected chi connectivity index (χ1v) is 5.50. The Morgan fingerprint density at radius 1 is 1.00 bits per heavy atom. The van der Waals surface area contributed by atoms with E-state index in [2.05, 4.69) is 0 Å². The summed E-state index contributed by atoms with van der Waals surface area (Å²) in [4.78, 5) is 0. The Hall–Kier alpha value is -1.71. The Bertz CT molecular complexity index is 529. The normalized spacial score (nSPS) is 9.83. The molecule has 0 radical (unpaired) electrons. The van der Waals surface area contributed by atoms with Crippen molar-refractivity contribution in [3.05, 3.63) is 48.0 Å². The second-order valence-electron chi connectivity index (χ2n) is 3.91. The second kappa shape index (κ2) is 6.28. The number of phenols is 1. The lowest BCUT2D eigenvalue weighted by Gasteiger charge is -2.10. The first-order chi connectivity index (χ1) is 8.22. The summed E-state index contributed by atoms with van der Waals surface area (Å²) in [6.45, 7) is 0.0834. The zero-order chi connectivity index (χ0) is 12.3. The van der Waals surface area contributed by atoms with Gasteiger partial charge in [-0.05, 0) is 35.7 Å². The molecule has 3 nitrogen and oxygen atoms in total. The Balaban J connectivity index is 0.00000162. The summed E-state index contributed by atoms with van der Waals surface area (Å²) in [7, 11) is 0. The van der Waals surface area contributed by atoms with Crippen molar-refractivity contribution in [2.75, 3.05) is 12.3 Å². The summed E-state index contributed by atoms with van der Waals surface area (Å²) in [5, 5.41) is 18.9. The Labute approximate surface area is 112 Å². The summed E-state index contributed by atoms with van der Waals surface area (Å²) in [6, 6.07) is 12.7. The van der Waals surface area contributed by atoms with E-state index in [-0.39, 0.29) is 24.8 Å². The van der Waals surface area contributed by atoms with E-state index in [1.54, 1.807) is 18.2 Å². The van der Waals surface area contributed by atoms with Gasteiger partial charge < -0.3 is 15.9 Å². The van der Waals surface area contributed by atoms with Gasteiger partial charge in [-0.1, -0.05) is 24.3 Å². The van der Waals surface area contributed by atoms with Gasteiger partial charge in [0.2, 0.25) is 0 Å². The number of rotatable bonds is 3. The molecular weight excluding hydrogens is 250 g/mol. The average molecular weight is 266 g/mol. The van der Waals surface area contributed by atoms with Gasteiger partial charge in [-0.25, -0.2) is 0 Å². The summed E-state index contributed by atoms with van der Waals surface area (Å²) in [5.41, 5.74) is 8.94. The van der Waals surface area contributed by atoms with Crippen molar-refractivity contribution >= 4 is 18.1 Å². The van der Waals surface area contributed by atoms with E-state index in [0.717, 1.165) is 11.1 Å². The molecule has 0 saturated carbocycles. The number of halogens is 1. The summed E-state index contributed by atoms with van der Waals surface area (Å²) >= 11 is 0. The van der Waals surface area contributed by atoms with Crippen LogP contribution in [0.1, 0.15) is 5.56 Å². The van der Waals surface area contributed by atoms with Gasteiger partial charge in [-0.15, -0.1) is 12.4 Å². The molecule has 0 bridgehead atoms. The number of hydrogen-bond donors (Lipinski definition) is 3. The zero-order valence-electron chi connectivity index (χ0n) is 9.84. The van der Waals surface area contributed by atoms with E-state index >= 15 is 0 Å². The highest BCUT2D eigenvalue weighted by atomic mass is 35.5. The van der Waals surface area contributed by atoms with Crippen LogP contribution in [0.5, 0.6) is 5.75 Å². The maximum atomic E-state index is 9.86. The lowest BCUT2D eigenvalue weighted by molar-refractivity contribution is 0.300. The molecule has 0 atom stereocenters. The lowest BCUT2D eigenvalue weighted by Crippen LogP contribution is -1.95. The molecule has 96 valence electrons. The molecule has 18 heavy (non-hydrogen) atoms. The van der Waals surface area contributed by atoms with Gasteiger partial charge in [0.25, 0.3) is 0 Å². The topological polar surface area (TPSA) is 66.5 Å². The molecule has 0 aromatic heterocycles. The lowest BCUT2D eigenvalue weighted by atomic mass is 9.97. The minimum atomic E-state index is 0. The number of aliphatic hydroxyl groups excluding tert-OH is 1. The molecule has 0 unspecified atom stereocenters. The Morgan fingerprint density at radius 3 is 2.44 bits per heavy atom. The van der Waals surface area contributed by atoms with Crippen LogP contribution in [0.2, 0.25) is 0 Å². The number of aliphatic hydroxyl groups is 1. The molecule has 0 heterocycles. The summed E-state index contributed by atoms with van der Waals surface area (Å²) in [6.07, 6.45) is 0.560. The first-order valence-electron chi connectivity index (χ1n) is 5.50. The highest BCUT2D eigenvalue weighted by Crippen LogP contribution is 2.33. The molecule has 0 aliphatic heterocycles. The van der Waals surface area contributed by atoms with Gasteiger partial charge in [0.1, 0.15) is 5.75 Å². The number of aromatic hydroxyl groups is 1. The van der Waals surface area contributed by atoms with Crippen molar-refractivity contribution < 1.29 is 10.2 Å². The predicted molar refractivity (Wildman–Crippen MR) is 76.0 cm³/mol. The standard InChI is InChI=1S/C14H15NO2.ClH/c15-11-5-6-14(17)13(9-11)12-4-2-1-3-10(12)7-8-16;/h1-6,9,16-17H,7-8,15H2;1H. The van der Waals surface area contributed by atoms with Crippen LogP contribution < -0.4 is 5.73 Å². The van der Waals surface area contributed by atoms with Crippen molar-refractivity contribution in [3.63, 3.8) is 0 Å². The van der Waals surface area contributed by atoms with E-state index in [0.29, 0.717) is 17.7 Å². The quantitative estimate of drug-likeness (QED) is 0.590. The smallest absolute Gasteiger partial charge is 0.123 e. The van der Waals surface area contributed by atoms with Crippen LogP contribution in [-0.4, -0.2) is 16.8 Å². The maximum Gasteiger partial charge on any atom is 0.123 e. The molecule has 0 aliphatic rings. The number of phenolic OH excluding ortho intramolecular Hbond substituents is 1. The molecule has 2 rings (SSSR count). The number of nitrogen functional groups attached to an aromatic ring is 1. The third kappa shape index (κ3) is 2.94. The maximum absolute atomic E-state index is 9.86. The van der Waals surface area contributed by atoms with Gasteiger partial charge in [-0.2, -0.15) is 0 Å². The Kier molecular flexibility index (Phi) is 5.01. The van der Waals surface area contributed by atoms with Crippen LogP contribution in [-0.2, 0) is 6.42 Å². The minimum absolute atomic E-state index is 0. The Morgan fingerprint density at radius 2 is 1.72 bits per heavy atom. The fourth-order valence-corrected chi connectivity index (χ4v) is 1.89. The van der Waals surface area contributed by atoms with Crippen molar-refractivity contribution in [1.82, 2.24) is 0 Å². The van der Waals surface area contributed by atoms with E-state index in [9.17, 15) is 5.11 Å². The minimum Gasteiger partial charge on any atom is -0.507 e. The van der Waals surface area contributed by atoms with Crippen LogP contribution in [0, 0.1) is 0 Å². The van der Waals surface area contributed by atoms with Gasteiger partial charge >= 0.3 is 0 Å². The average Bonchev–Trinajstić information content (AvgIpc) is 2.34. The fourth-order valence-electron chi connectivity index (χ4n) is 1.89. The molecule has 0 aliphatic carbocycles. The molecule has 0 amide bonds. The molecule has 2 aromatic carbocycles. The van der Waals surface area contributed by atoms with Crippen LogP contribution in [0.25, 0.3) is 11.1 Å². The number of anilines is 1. The monoisotopic (exact) mass is 265 g/mol. The number of hydrogen-bond acceptors (Lipinski definition) is 3. The largest absolute Gasteiger partial charge is 0.507 e. The molecule has 0 spiro atoms. The number of benzene rings is 2. The van der Waals surface area contributed by atoms with E-state index in [1.165, 1.54) is 0 Å². The van der Waals surface area contributed by atoms with Crippen molar-refractivity contribution in [2.24, 2.45) is 0 Å². The van der Waals surface area contributed by atoms with Crippen LogP contribution in [0.4, 0.5) is 5.69 Å². The van der Waals surface area contributed by atoms with E-state index in [4.69, 9.17) is 10.8 Å². The molecule has 4 heteroatoms. The van der Waals surface area contributed by atoms with Crippen molar-refractivity contribution in [3.8, 4) is 16.9 Å². The summed E-state index contributed by atoms with van der Waals surface area (Å²) in [5.74, 6) is 0.199. The molecule has 4 N–H and O–H groups in total. The molecule has 0 saturated heterocycles. The highest BCUT2D eigenvalue weighted by molar-refractivity contribution is 5.85. The third-order valence-corrected chi connectivity index (χ3v) is 2.71. The third-order valence-electron chi connectivity index (χ3n) is 2.71. The fraction of sp³-hybridized carbons (Fsp3) is 0.143. The number of nitrogens with two attached hydrogens (primary N) is 1. The van der Waals surface area contributed by atoms with Gasteiger partial charge in [0.15, 0.2) is 0 Å². The van der Waals surface area contributed by atoms with Gasteiger partial charge in [0, 0.05) is 17.9 Å². The highest BCUT2D eigenvalue weighted by Gasteiger charge is 2.08. The summed E-state index contributed by atoms with van der Waals surface area (Å²) < 4.78 is 0. The van der Waals surface area contributed by atoms with Crippen molar-refractivity contribution in [1.29, 1.82) is 0 Å². The van der Waals surface area contributed by atoms with E-state index in [1.807, 2.05) is 24.3 Å². The van der Waals surface area contributed by atoms with Gasteiger partial charge in [0.05, 0.1) is 0 Å². The first kappa shape index (κ1) is 14.4. The molecular formula is C14H16ClNO2. The molecule has 0 fully saturated rings. The van der Waals surface area contributed by atoms with Crippen LogP contribution in [0.3, 0.4) is 0 Å². The van der Waals surface area contributed by atoms with Gasteiger partial charge in [-0.3, -0.25) is 0 Å². The SMILES string of the molecule is Cl.Nc1ccc(O)c(-c2ccccc2CCO)c1. The predicted octanol–water partition coefficient (Wildman–Crippen LogP) is 2.60. The molecule has 2 aromatic rings. The van der Waals surface area contributed by atoms with E-state index < -0.39 is 0 Å². The zero-order valence-corrected chi connectivity index (χ0v) is 10.7. The van der Waals surface area contributed by atoms with Crippen LogP contribution >= 0.6 is 12.4 Å².